The predicted octanol–water partition coefficient (Wildman–Crippen LogP) is 6.68. The van der Waals surface area contributed by atoms with E-state index in [1.54, 1.807) is 24.8 Å². The Morgan fingerprint density at radius 3 is 2.52 bits per heavy atom. The zero-order valence-corrected chi connectivity index (χ0v) is 17.4. The Hall–Kier alpha value is -3.11. The van der Waals surface area contributed by atoms with Crippen molar-refractivity contribution in [3.8, 4) is 28.4 Å². The van der Waals surface area contributed by atoms with Gasteiger partial charge in [-0.15, -0.1) is 0 Å². The van der Waals surface area contributed by atoms with Crippen LogP contribution in [0, 0.1) is 0 Å². The highest BCUT2D eigenvalue weighted by Crippen LogP contribution is 2.33. The molecule has 146 valence electrons. The minimum absolute atomic E-state index is 0.0126. The van der Waals surface area contributed by atoms with Crippen molar-refractivity contribution >= 4 is 11.6 Å². The molecule has 2 aromatic heterocycles. The quantitative estimate of drug-likeness (QED) is 0.381. The van der Waals surface area contributed by atoms with Crippen LogP contribution in [0.3, 0.4) is 0 Å². The molecule has 4 aromatic rings. The van der Waals surface area contributed by atoms with E-state index < -0.39 is 0 Å². The first-order chi connectivity index (χ1) is 13.9. The van der Waals surface area contributed by atoms with Crippen LogP contribution in [0.4, 0.5) is 0 Å². The predicted molar refractivity (Wildman–Crippen MR) is 117 cm³/mol. The maximum absolute atomic E-state index is 6.25. The highest BCUT2D eigenvalue weighted by molar-refractivity contribution is 6.30. The van der Waals surface area contributed by atoms with E-state index in [1.165, 1.54) is 5.56 Å². The number of aromatic nitrogens is 3. The van der Waals surface area contributed by atoms with Gasteiger partial charge in [0.1, 0.15) is 11.5 Å². The van der Waals surface area contributed by atoms with Gasteiger partial charge in [0.2, 0.25) is 0 Å². The van der Waals surface area contributed by atoms with Crippen LogP contribution in [-0.2, 0) is 5.41 Å². The third kappa shape index (κ3) is 4.49. The van der Waals surface area contributed by atoms with Gasteiger partial charge in [0.25, 0.3) is 0 Å². The number of rotatable bonds is 4. The molecule has 0 saturated heterocycles. The van der Waals surface area contributed by atoms with Gasteiger partial charge in [-0.1, -0.05) is 44.5 Å². The van der Waals surface area contributed by atoms with Crippen molar-refractivity contribution in [3.63, 3.8) is 0 Å². The van der Waals surface area contributed by atoms with Crippen molar-refractivity contribution in [2.45, 2.75) is 26.2 Å². The summed E-state index contributed by atoms with van der Waals surface area (Å²) in [6, 6.07) is 17.7. The largest absolute Gasteiger partial charge is 0.457 e. The van der Waals surface area contributed by atoms with Crippen LogP contribution in [0.25, 0.3) is 16.9 Å². The topological polar surface area (TPSA) is 39.9 Å². The molecule has 0 bridgehead atoms. The number of ether oxygens (including phenoxy) is 1. The molecule has 5 heteroatoms. The van der Waals surface area contributed by atoms with Crippen molar-refractivity contribution < 1.29 is 4.74 Å². The van der Waals surface area contributed by atoms with Gasteiger partial charge in [-0.3, -0.25) is 4.98 Å². The van der Waals surface area contributed by atoms with Crippen LogP contribution in [0.1, 0.15) is 26.3 Å². The molecule has 0 radical (unpaired) electrons. The molecule has 2 heterocycles. The molecule has 0 spiro atoms. The first-order valence-corrected chi connectivity index (χ1v) is 9.80. The lowest BCUT2D eigenvalue weighted by atomic mass is 9.86. The SMILES string of the molecule is CC(C)(C)c1cc(Oc2cccc(-c3cc(Cl)ccn3)c2)cc(-n2ccnc2)c1. The molecular weight excluding hydrogens is 382 g/mol. The van der Waals surface area contributed by atoms with E-state index >= 15 is 0 Å². The maximum atomic E-state index is 6.25. The minimum atomic E-state index is -0.0126. The van der Waals surface area contributed by atoms with Crippen molar-refractivity contribution in [1.82, 2.24) is 14.5 Å². The van der Waals surface area contributed by atoms with E-state index in [0.717, 1.165) is 28.4 Å². The number of imidazole rings is 1. The summed E-state index contributed by atoms with van der Waals surface area (Å²) in [4.78, 5) is 8.56. The second-order valence-electron chi connectivity index (χ2n) is 7.92. The fraction of sp³-hybridized carbons (Fsp3) is 0.167. The summed E-state index contributed by atoms with van der Waals surface area (Å²) in [5, 5.41) is 0.657. The fourth-order valence-electron chi connectivity index (χ4n) is 3.05. The number of pyridine rings is 1. The summed E-state index contributed by atoms with van der Waals surface area (Å²) < 4.78 is 8.23. The molecule has 0 fully saturated rings. The van der Waals surface area contributed by atoms with Gasteiger partial charge >= 0.3 is 0 Å². The maximum Gasteiger partial charge on any atom is 0.129 e. The van der Waals surface area contributed by atoms with E-state index in [2.05, 4.69) is 42.9 Å². The van der Waals surface area contributed by atoms with Crippen molar-refractivity contribution in [1.29, 1.82) is 0 Å². The van der Waals surface area contributed by atoms with E-state index in [1.807, 2.05) is 47.2 Å². The molecule has 0 amide bonds. The third-order valence-electron chi connectivity index (χ3n) is 4.65. The van der Waals surface area contributed by atoms with Crippen LogP contribution in [0.15, 0.2) is 79.5 Å². The Kier molecular flexibility index (Phi) is 5.12. The molecule has 0 atom stereocenters. The van der Waals surface area contributed by atoms with Crippen LogP contribution in [-0.4, -0.2) is 14.5 Å². The van der Waals surface area contributed by atoms with Crippen LogP contribution < -0.4 is 4.74 Å². The summed E-state index contributed by atoms with van der Waals surface area (Å²) in [6.07, 6.45) is 7.19. The van der Waals surface area contributed by atoms with Gasteiger partial charge in [0.15, 0.2) is 0 Å². The molecule has 4 rings (SSSR count). The summed E-state index contributed by atoms with van der Waals surface area (Å²) >= 11 is 6.11. The van der Waals surface area contributed by atoms with Crippen molar-refractivity contribution in [2.24, 2.45) is 0 Å². The van der Waals surface area contributed by atoms with Gasteiger partial charge in [-0.2, -0.15) is 0 Å². The smallest absolute Gasteiger partial charge is 0.129 e. The number of hydrogen-bond donors (Lipinski definition) is 0. The van der Waals surface area contributed by atoms with Gasteiger partial charge in [-0.25, -0.2) is 4.98 Å². The summed E-state index contributed by atoms with van der Waals surface area (Å²) in [5.41, 5.74) is 3.95. The van der Waals surface area contributed by atoms with Crippen molar-refractivity contribution in [3.05, 3.63) is 90.1 Å². The van der Waals surface area contributed by atoms with Crippen LogP contribution >= 0.6 is 11.6 Å². The zero-order valence-electron chi connectivity index (χ0n) is 16.6. The lowest BCUT2D eigenvalue weighted by Gasteiger charge is -2.21. The second-order valence-corrected chi connectivity index (χ2v) is 8.36. The molecular formula is C24H22ClN3O. The van der Waals surface area contributed by atoms with Crippen LogP contribution in [0.2, 0.25) is 5.02 Å². The Morgan fingerprint density at radius 2 is 1.79 bits per heavy atom. The number of halogens is 1. The molecule has 0 aliphatic heterocycles. The van der Waals surface area contributed by atoms with E-state index in [-0.39, 0.29) is 5.41 Å². The molecule has 4 nitrogen and oxygen atoms in total. The molecule has 2 aromatic carbocycles. The summed E-state index contributed by atoms with van der Waals surface area (Å²) in [7, 11) is 0. The minimum Gasteiger partial charge on any atom is -0.457 e. The van der Waals surface area contributed by atoms with E-state index in [4.69, 9.17) is 16.3 Å². The molecule has 0 N–H and O–H groups in total. The highest BCUT2D eigenvalue weighted by atomic mass is 35.5. The first kappa shape index (κ1) is 19.2. The van der Waals surface area contributed by atoms with E-state index in [0.29, 0.717) is 5.02 Å². The van der Waals surface area contributed by atoms with Crippen molar-refractivity contribution in [2.75, 3.05) is 0 Å². The average Bonchev–Trinajstić information content (AvgIpc) is 3.22. The monoisotopic (exact) mass is 403 g/mol. The van der Waals surface area contributed by atoms with Crippen LogP contribution in [0.5, 0.6) is 11.5 Å². The Balaban J connectivity index is 1.71. The second kappa shape index (κ2) is 7.72. The zero-order chi connectivity index (χ0) is 20.4. The molecule has 0 saturated carbocycles. The van der Waals surface area contributed by atoms with E-state index in [9.17, 15) is 0 Å². The average molecular weight is 404 g/mol. The lowest BCUT2D eigenvalue weighted by molar-refractivity contribution is 0.478. The standard InChI is InChI=1S/C24H22ClN3O/c1-24(2,3)18-12-20(28-10-9-26-16-28)15-22(13-18)29-21-6-4-5-17(11-21)23-14-19(25)7-8-27-23/h4-16H,1-3H3. The summed E-state index contributed by atoms with van der Waals surface area (Å²) in [5.74, 6) is 1.52. The first-order valence-electron chi connectivity index (χ1n) is 9.42. The Morgan fingerprint density at radius 1 is 0.931 bits per heavy atom. The highest BCUT2D eigenvalue weighted by Gasteiger charge is 2.17. The molecule has 0 aliphatic carbocycles. The normalized spacial score (nSPS) is 11.4. The lowest BCUT2D eigenvalue weighted by Crippen LogP contribution is -2.12. The van der Waals surface area contributed by atoms with Gasteiger partial charge in [-0.05, 0) is 47.4 Å². The third-order valence-corrected chi connectivity index (χ3v) is 4.88. The summed E-state index contributed by atoms with van der Waals surface area (Å²) in [6.45, 7) is 6.57. The fourth-order valence-corrected chi connectivity index (χ4v) is 3.21. The molecule has 29 heavy (non-hydrogen) atoms. The molecule has 0 unspecified atom stereocenters. The van der Waals surface area contributed by atoms with Gasteiger partial charge in [0, 0.05) is 35.2 Å². The number of hydrogen-bond acceptors (Lipinski definition) is 3. The molecule has 0 aliphatic rings. The number of nitrogens with zero attached hydrogens (tertiary/aromatic N) is 3. The van der Waals surface area contributed by atoms with Gasteiger partial charge in [0.05, 0.1) is 17.7 Å². The van der Waals surface area contributed by atoms with Gasteiger partial charge < -0.3 is 9.30 Å². The Labute approximate surface area is 175 Å². The number of benzene rings is 2. The Bertz CT molecular complexity index is 1130.